The molecule has 178 valence electrons. The van der Waals surface area contributed by atoms with Gasteiger partial charge in [0.05, 0.1) is 40.0 Å². The van der Waals surface area contributed by atoms with E-state index in [4.69, 9.17) is 32.4 Å². The highest BCUT2D eigenvalue weighted by Gasteiger charge is 2.22. The van der Waals surface area contributed by atoms with Crippen LogP contribution < -0.4 is 10.2 Å². The van der Waals surface area contributed by atoms with Crippen molar-refractivity contribution in [1.82, 2.24) is 4.98 Å². The fraction of sp³-hybridized carbons (Fsp3) is 0.167. The molecule has 4 aromatic rings. The SMILES string of the molecule is O=C(Nc1ccc2oc(-c3cc(Cl)ccc3Cl)nc2c1)c1cc([N+](=O)[O-])ccc1N1CCOCC1. The topological polar surface area (TPSA) is 111 Å². The van der Waals surface area contributed by atoms with Crippen molar-refractivity contribution in [2.75, 3.05) is 36.5 Å². The van der Waals surface area contributed by atoms with Gasteiger partial charge in [-0.05, 0) is 42.5 Å². The largest absolute Gasteiger partial charge is 0.436 e. The van der Waals surface area contributed by atoms with Gasteiger partial charge in [-0.15, -0.1) is 0 Å². The zero-order chi connectivity index (χ0) is 24.5. The summed E-state index contributed by atoms with van der Waals surface area (Å²) in [4.78, 5) is 30.5. The fourth-order valence-electron chi connectivity index (χ4n) is 3.88. The maximum absolute atomic E-state index is 13.2. The highest BCUT2D eigenvalue weighted by atomic mass is 35.5. The number of morpholine rings is 1. The molecule has 9 nitrogen and oxygen atoms in total. The second-order valence-electron chi connectivity index (χ2n) is 7.84. The van der Waals surface area contributed by atoms with Crippen molar-refractivity contribution in [1.29, 1.82) is 0 Å². The third-order valence-corrected chi connectivity index (χ3v) is 6.16. The van der Waals surface area contributed by atoms with Gasteiger partial charge in [-0.3, -0.25) is 14.9 Å². The third kappa shape index (κ3) is 4.79. The number of nitro groups is 1. The Balaban J connectivity index is 1.46. The zero-order valence-electron chi connectivity index (χ0n) is 18.2. The summed E-state index contributed by atoms with van der Waals surface area (Å²) in [6.45, 7) is 2.19. The fourth-order valence-corrected chi connectivity index (χ4v) is 4.25. The van der Waals surface area contributed by atoms with Crippen molar-refractivity contribution < 1.29 is 18.9 Å². The number of ether oxygens (including phenoxy) is 1. The minimum Gasteiger partial charge on any atom is -0.436 e. The van der Waals surface area contributed by atoms with Crippen molar-refractivity contribution in [3.8, 4) is 11.5 Å². The van der Waals surface area contributed by atoms with Crippen molar-refractivity contribution in [3.05, 3.63) is 80.3 Å². The number of carbonyl (C=O) groups is 1. The highest BCUT2D eigenvalue weighted by Crippen LogP contribution is 2.33. The summed E-state index contributed by atoms with van der Waals surface area (Å²) in [6, 6.07) is 14.3. The molecule has 0 spiro atoms. The Morgan fingerprint density at radius 3 is 2.63 bits per heavy atom. The Kier molecular flexibility index (Phi) is 6.29. The molecule has 1 saturated heterocycles. The van der Waals surface area contributed by atoms with Crippen LogP contribution >= 0.6 is 23.2 Å². The second kappa shape index (κ2) is 9.53. The molecule has 11 heteroatoms. The summed E-state index contributed by atoms with van der Waals surface area (Å²) >= 11 is 12.3. The van der Waals surface area contributed by atoms with Gasteiger partial charge in [0.25, 0.3) is 11.6 Å². The molecule has 1 N–H and O–H groups in total. The van der Waals surface area contributed by atoms with Gasteiger partial charge in [-0.2, -0.15) is 0 Å². The number of nitrogens with one attached hydrogen (secondary N) is 1. The summed E-state index contributed by atoms with van der Waals surface area (Å²) < 4.78 is 11.2. The molecular weight excluding hydrogens is 495 g/mol. The molecule has 0 aliphatic carbocycles. The number of rotatable bonds is 5. The first-order chi connectivity index (χ1) is 16.9. The van der Waals surface area contributed by atoms with Crippen LogP contribution in [-0.4, -0.2) is 42.1 Å². The summed E-state index contributed by atoms with van der Waals surface area (Å²) in [7, 11) is 0. The van der Waals surface area contributed by atoms with E-state index in [1.54, 1.807) is 42.5 Å². The van der Waals surface area contributed by atoms with Crippen molar-refractivity contribution in [2.24, 2.45) is 0 Å². The zero-order valence-corrected chi connectivity index (χ0v) is 19.7. The van der Waals surface area contributed by atoms with Gasteiger partial charge in [-0.25, -0.2) is 4.98 Å². The van der Waals surface area contributed by atoms with Gasteiger partial charge >= 0.3 is 0 Å². The first kappa shape index (κ1) is 23.1. The van der Waals surface area contributed by atoms with E-state index in [0.29, 0.717) is 70.3 Å². The Labute approximate surface area is 209 Å². The lowest BCUT2D eigenvalue weighted by atomic mass is 10.1. The Hall–Kier alpha value is -3.66. The van der Waals surface area contributed by atoms with E-state index < -0.39 is 10.8 Å². The van der Waals surface area contributed by atoms with Gasteiger partial charge in [0.1, 0.15) is 5.52 Å². The van der Waals surface area contributed by atoms with Crippen LogP contribution in [0.3, 0.4) is 0 Å². The first-order valence-electron chi connectivity index (χ1n) is 10.7. The molecule has 0 unspecified atom stereocenters. The molecule has 1 amide bonds. The Bertz CT molecular complexity index is 1450. The van der Waals surface area contributed by atoms with E-state index in [2.05, 4.69) is 10.3 Å². The number of benzene rings is 3. The monoisotopic (exact) mass is 512 g/mol. The standard InChI is InChI=1S/C24H18Cl2N4O5/c25-14-1-4-19(26)17(11-14)24-28-20-12-15(2-6-22(20)35-24)27-23(31)18-13-16(30(32)33)3-5-21(18)29-7-9-34-10-8-29/h1-6,11-13H,7-10H2,(H,27,31). The predicted molar refractivity (Wildman–Crippen MR) is 134 cm³/mol. The molecule has 1 aliphatic heterocycles. The summed E-state index contributed by atoms with van der Waals surface area (Å²) in [6.07, 6.45) is 0. The van der Waals surface area contributed by atoms with Gasteiger partial charge in [0.2, 0.25) is 5.89 Å². The Morgan fingerprint density at radius 2 is 1.86 bits per heavy atom. The number of nitrogens with zero attached hydrogens (tertiary/aromatic N) is 3. The number of carbonyl (C=O) groups excluding carboxylic acids is 1. The molecule has 5 rings (SSSR count). The average molecular weight is 513 g/mol. The number of amides is 1. The number of hydrogen-bond acceptors (Lipinski definition) is 7. The van der Waals surface area contributed by atoms with Crippen LogP contribution in [0, 0.1) is 10.1 Å². The van der Waals surface area contributed by atoms with E-state index in [-0.39, 0.29) is 11.3 Å². The highest BCUT2D eigenvalue weighted by molar-refractivity contribution is 6.35. The molecule has 1 fully saturated rings. The lowest BCUT2D eigenvalue weighted by Crippen LogP contribution is -2.37. The van der Waals surface area contributed by atoms with Crippen LogP contribution in [0.4, 0.5) is 17.1 Å². The second-order valence-corrected chi connectivity index (χ2v) is 8.68. The van der Waals surface area contributed by atoms with Gasteiger partial charge in [0.15, 0.2) is 5.58 Å². The number of halogens is 2. The van der Waals surface area contributed by atoms with Gasteiger partial charge in [0, 0.05) is 35.9 Å². The third-order valence-electron chi connectivity index (χ3n) is 5.59. The number of hydrogen-bond donors (Lipinski definition) is 1. The number of anilines is 2. The number of nitro benzene ring substituents is 1. The van der Waals surface area contributed by atoms with E-state index in [0.717, 1.165) is 0 Å². The average Bonchev–Trinajstić information content (AvgIpc) is 3.29. The minimum atomic E-state index is -0.524. The number of aromatic nitrogens is 1. The normalized spacial score (nSPS) is 13.7. The molecule has 0 radical (unpaired) electrons. The van der Waals surface area contributed by atoms with E-state index in [1.807, 2.05) is 4.90 Å². The summed E-state index contributed by atoms with van der Waals surface area (Å²) in [5.74, 6) is -0.180. The van der Waals surface area contributed by atoms with E-state index in [9.17, 15) is 14.9 Å². The summed E-state index contributed by atoms with van der Waals surface area (Å²) in [5, 5.41) is 15.1. The summed E-state index contributed by atoms with van der Waals surface area (Å²) in [5.41, 5.74) is 2.65. The Morgan fingerprint density at radius 1 is 1.06 bits per heavy atom. The first-order valence-corrected chi connectivity index (χ1v) is 11.4. The number of fused-ring (bicyclic) bond motifs is 1. The molecule has 2 heterocycles. The maximum Gasteiger partial charge on any atom is 0.270 e. The van der Waals surface area contributed by atoms with E-state index in [1.165, 1.54) is 12.1 Å². The van der Waals surface area contributed by atoms with Crippen LogP contribution in [0.15, 0.2) is 59.0 Å². The number of non-ortho nitro benzene ring substituents is 1. The molecule has 0 atom stereocenters. The van der Waals surface area contributed by atoms with Crippen LogP contribution in [0.1, 0.15) is 10.4 Å². The van der Waals surface area contributed by atoms with E-state index >= 15 is 0 Å². The lowest BCUT2D eigenvalue weighted by molar-refractivity contribution is -0.384. The van der Waals surface area contributed by atoms with Crippen molar-refractivity contribution in [3.63, 3.8) is 0 Å². The van der Waals surface area contributed by atoms with Gasteiger partial charge < -0.3 is 19.4 Å². The maximum atomic E-state index is 13.2. The van der Waals surface area contributed by atoms with Crippen molar-refractivity contribution >= 4 is 57.3 Å². The molecule has 3 aromatic carbocycles. The molecule has 0 saturated carbocycles. The molecule has 0 bridgehead atoms. The van der Waals surface area contributed by atoms with Crippen molar-refractivity contribution in [2.45, 2.75) is 0 Å². The van der Waals surface area contributed by atoms with Gasteiger partial charge in [-0.1, -0.05) is 23.2 Å². The predicted octanol–water partition coefficient (Wildman–Crippen LogP) is 5.80. The van der Waals surface area contributed by atoms with Crippen LogP contribution in [-0.2, 0) is 4.74 Å². The molecule has 35 heavy (non-hydrogen) atoms. The lowest BCUT2D eigenvalue weighted by Gasteiger charge is -2.30. The van der Waals surface area contributed by atoms with Crippen LogP contribution in [0.5, 0.6) is 0 Å². The quantitative estimate of drug-likeness (QED) is 0.265. The smallest absolute Gasteiger partial charge is 0.270 e. The molecule has 1 aromatic heterocycles. The minimum absolute atomic E-state index is 0.165. The molecule has 1 aliphatic rings. The van der Waals surface area contributed by atoms with Crippen LogP contribution in [0.25, 0.3) is 22.6 Å². The molecular formula is C24H18Cl2N4O5. The van der Waals surface area contributed by atoms with Crippen LogP contribution in [0.2, 0.25) is 10.0 Å². The number of oxazole rings is 1.